The number of carbonyl (C=O) groups excluding carboxylic acids is 1. The van der Waals surface area contributed by atoms with Crippen LogP contribution < -0.4 is 5.32 Å². The van der Waals surface area contributed by atoms with Gasteiger partial charge in [0.05, 0.1) is 12.6 Å². The van der Waals surface area contributed by atoms with Gasteiger partial charge >= 0.3 is 0 Å². The van der Waals surface area contributed by atoms with Crippen LogP contribution in [0.15, 0.2) is 35.8 Å². The van der Waals surface area contributed by atoms with Gasteiger partial charge in [-0.25, -0.2) is 9.37 Å². The number of aliphatic hydroxyl groups is 1. The fraction of sp³-hybridized carbons (Fsp3) is 0.412. The number of amides is 1. The van der Waals surface area contributed by atoms with Crippen LogP contribution in [0.2, 0.25) is 0 Å². The molecular formula is C17H22FN3O2S. The molecule has 2 rings (SSSR count). The second-order valence-electron chi connectivity index (χ2n) is 5.89. The van der Waals surface area contributed by atoms with E-state index in [1.54, 1.807) is 28.6 Å². The highest BCUT2D eigenvalue weighted by Gasteiger charge is 2.24. The lowest BCUT2D eigenvalue weighted by Crippen LogP contribution is -2.43. The molecule has 0 aliphatic rings. The lowest BCUT2D eigenvalue weighted by molar-refractivity contribution is -0.123. The summed E-state index contributed by atoms with van der Waals surface area (Å²) < 4.78 is 13.0. The van der Waals surface area contributed by atoms with Crippen molar-refractivity contribution in [2.75, 3.05) is 20.6 Å². The molecule has 7 heteroatoms. The molecule has 24 heavy (non-hydrogen) atoms. The van der Waals surface area contributed by atoms with E-state index in [-0.39, 0.29) is 18.3 Å². The fourth-order valence-corrected chi connectivity index (χ4v) is 3.06. The number of aryl methyl sites for hydroxylation is 1. The molecule has 1 amide bonds. The van der Waals surface area contributed by atoms with Crippen LogP contribution in [0.1, 0.15) is 23.1 Å². The maximum Gasteiger partial charge on any atom is 0.234 e. The number of hydrogen-bond acceptors (Lipinski definition) is 5. The molecule has 0 fully saturated rings. The maximum absolute atomic E-state index is 13.0. The molecular weight excluding hydrogens is 329 g/mol. The molecule has 5 nitrogen and oxygen atoms in total. The number of nitrogens with one attached hydrogen (secondary N) is 1. The number of hydrogen-bond donors (Lipinski definition) is 2. The molecule has 2 unspecified atom stereocenters. The van der Waals surface area contributed by atoms with Gasteiger partial charge in [-0.05, 0) is 44.6 Å². The van der Waals surface area contributed by atoms with Crippen molar-refractivity contribution in [3.8, 4) is 0 Å². The number of aliphatic hydroxyl groups excluding tert-OH is 1. The Hall–Kier alpha value is -1.83. The quantitative estimate of drug-likeness (QED) is 0.763. The van der Waals surface area contributed by atoms with Gasteiger partial charge in [0.1, 0.15) is 16.9 Å². The van der Waals surface area contributed by atoms with Crippen LogP contribution in [-0.2, 0) is 11.2 Å². The van der Waals surface area contributed by atoms with Crippen LogP contribution in [0.3, 0.4) is 0 Å². The Morgan fingerprint density at radius 3 is 2.67 bits per heavy atom. The summed E-state index contributed by atoms with van der Waals surface area (Å²) in [4.78, 5) is 18.0. The van der Waals surface area contributed by atoms with Crippen molar-refractivity contribution in [3.05, 3.63) is 52.2 Å². The van der Waals surface area contributed by atoms with E-state index >= 15 is 0 Å². The number of nitrogens with zero attached hydrogens (tertiary/aromatic N) is 2. The van der Waals surface area contributed by atoms with E-state index in [4.69, 9.17) is 0 Å². The minimum Gasteiger partial charge on any atom is -0.384 e. The Morgan fingerprint density at radius 1 is 1.38 bits per heavy atom. The second-order valence-corrected chi connectivity index (χ2v) is 6.82. The summed E-state index contributed by atoms with van der Waals surface area (Å²) in [7, 11) is 3.62. The van der Waals surface area contributed by atoms with Crippen molar-refractivity contribution < 1.29 is 14.3 Å². The summed E-state index contributed by atoms with van der Waals surface area (Å²) in [6.07, 6.45) is 1.92. The van der Waals surface area contributed by atoms with E-state index < -0.39 is 12.1 Å². The van der Waals surface area contributed by atoms with Crippen LogP contribution in [-0.4, -0.2) is 47.6 Å². The van der Waals surface area contributed by atoms with E-state index in [0.29, 0.717) is 17.8 Å². The van der Waals surface area contributed by atoms with E-state index in [1.807, 2.05) is 14.1 Å². The summed E-state index contributed by atoms with van der Waals surface area (Å²) in [5.74, 6) is -0.433. The number of benzene rings is 1. The first kappa shape index (κ1) is 18.5. The summed E-state index contributed by atoms with van der Waals surface area (Å²) in [5, 5.41) is 15.8. The van der Waals surface area contributed by atoms with E-state index in [2.05, 4.69) is 10.3 Å². The van der Waals surface area contributed by atoms with Crippen molar-refractivity contribution in [1.82, 2.24) is 15.2 Å². The van der Waals surface area contributed by atoms with Crippen LogP contribution >= 0.6 is 11.3 Å². The highest BCUT2D eigenvalue weighted by molar-refractivity contribution is 7.09. The van der Waals surface area contributed by atoms with Crippen molar-refractivity contribution in [2.24, 2.45) is 0 Å². The van der Waals surface area contributed by atoms with Gasteiger partial charge in [-0.2, -0.15) is 0 Å². The number of rotatable bonds is 8. The van der Waals surface area contributed by atoms with Gasteiger partial charge in [-0.1, -0.05) is 12.1 Å². The molecule has 2 atom stereocenters. The minimum atomic E-state index is -0.864. The first-order valence-corrected chi connectivity index (χ1v) is 8.59. The van der Waals surface area contributed by atoms with Gasteiger partial charge in [0.2, 0.25) is 5.91 Å². The average molecular weight is 351 g/mol. The summed E-state index contributed by atoms with van der Waals surface area (Å²) in [6, 6.07) is 5.79. The Kier molecular flexibility index (Phi) is 6.84. The Morgan fingerprint density at radius 2 is 2.08 bits per heavy atom. The monoisotopic (exact) mass is 351 g/mol. The zero-order valence-electron chi connectivity index (χ0n) is 13.8. The predicted molar refractivity (Wildman–Crippen MR) is 92.3 cm³/mol. The van der Waals surface area contributed by atoms with Gasteiger partial charge in [0.25, 0.3) is 0 Å². The number of aromatic nitrogens is 1. The Balaban J connectivity index is 2.03. The predicted octanol–water partition coefficient (Wildman–Crippen LogP) is 1.99. The molecule has 1 aromatic carbocycles. The van der Waals surface area contributed by atoms with Crippen LogP contribution in [0.25, 0.3) is 0 Å². The summed E-state index contributed by atoms with van der Waals surface area (Å²) in [6.45, 7) is 0.248. The molecule has 1 heterocycles. The molecule has 0 bridgehead atoms. The largest absolute Gasteiger partial charge is 0.384 e. The fourth-order valence-electron chi connectivity index (χ4n) is 2.37. The minimum absolute atomic E-state index is 0.153. The van der Waals surface area contributed by atoms with Gasteiger partial charge in [-0.15, -0.1) is 11.3 Å². The van der Waals surface area contributed by atoms with Gasteiger partial charge < -0.3 is 15.3 Å². The number of carbonyl (C=O) groups is 1. The number of thiazole rings is 1. The normalized spacial score (nSPS) is 13.7. The Labute approximate surface area is 145 Å². The lowest BCUT2D eigenvalue weighted by Gasteiger charge is -2.24. The number of likely N-dealkylation sites (N-methyl/N-ethyl adjacent to an activating group) is 1. The molecule has 0 spiro atoms. The van der Waals surface area contributed by atoms with E-state index in [9.17, 15) is 14.3 Å². The van der Waals surface area contributed by atoms with Crippen molar-refractivity contribution in [3.63, 3.8) is 0 Å². The van der Waals surface area contributed by atoms with Gasteiger partial charge in [0.15, 0.2) is 0 Å². The molecule has 130 valence electrons. The second kappa shape index (κ2) is 8.86. The lowest BCUT2D eigenvalue weighted by atomic mass is 10.0. The SMILES string of the molecule is CN(C)CC(=O)NC(CCc1ccc(F)cc1)C(O)c1nccs1. The van der Waals surface area contributed by atoms with Gasteiger partial charge in [-0.3, -0.25) is 4.79 Å². The molecule has 0 radical (unpaired) electrons. The zero-order chi connectivity index (χ0) is 17.5. The molecule has 2 aromatic rings. The smallest absolute Gasteiger partial charge is 0.234 e. The van der Waals surface area contributed by atoms with Crippen molar-refractivity contribution in [1.29, 1.82) is 0 Å². The van der Waals surface area contributed by atoms with E-state index in [0.717, 1.165) is 5.56 Å². The third-order valence-electron chi connectivity index (χ3n) is 3.55. The average Bonchev–Trinajstić information content (AvgIpc) is 3.06. The van der Waals surface area contributed by atoms with Crippen LogP contribution in [0.4, 0.5) is 4.39 Å². The van der Waals surface area contributed by atoms with E-state index in [1.165, 1.54) is 23.5 Å². The maximum atomic E-state index is 13.0. The van der Waals surface area contributed by atoms with Crippen LogP contribution in [0, 0.1) is 5.82 Å². The van der Waals surface area contributed by atoms with Gasteiger partial charge in [0, 0.05) is 11.6 Å². The zero-order valence-corrected chi connectivity index (χ0v) is 14.6. The molecule has 2 N–H and O–H groups in total. The number of halogens is 1. The third kappa shape index (κ3) is 5.67. The highest BCUT2D eigenvalue weighted by Crippen LogP contribution is 2.22. The Bertz CT molecular complexity index is 632. The molecule has 0 aliphatic carbocycles. The summed E-state index contributed by atoms with van der Waals surface area (Å²) in [5.41, 5.74) is 0.953. The molecule has 0 saturated carbocycles. The van der Waals surface area contributed by atoms with Crippen molar-refractivity contribution >= 4 is 17.2 Å². The molecule has 1 aromatic heterocycles. The highest BCUT2D eigenvalue weighted by atomic mass is 32.1. The summed E-state index contributed by atoms with van der Waals surface area (Å²) >= 11 is 1.35. The first-order valence-electron chi connectivity index (χ1n) is 7.71. The third-order valence-corrected chi connectivity index (χ3v) is 4.40. The topological polar surface area (TPSA) is 65.5 Å². The molecule has 0 aliphatic heterocycles. The first-order chi connectivity index (χ1) is 11.5. The van der Waals surface area contributed by atoms with Crippen LogP contribution in [0.5, 0.6) is 0 Å². The van der Waals surface area contributed by atoms with Crippen molar-refractivity contribution in [2.45, 2.75) is 25.0 Å². The molecule has 0 saturated heterocycles. The standard InChI is InChI=1S/C17H22FN3O2S/c1-21(2)11-15(22)20-14(16(23)17-19-9-10-24-17)8-5-12-3-6-13(18)7-4-12/h3-4,6-7,9-10,14,16,23H,5,8,11H2,1-2H3,(H,20,22).